The first kappa shape index (κ1) is 18.1. The summed E-state index contributed by atoms with van der Waals surface area (Å²) in [5.41, 5.74) is -0.544. The van der Waals surface area contributed by atoms with Gasteiger partial charge in [0.25, 0.3) is 11.8 Å². The SMILES string of the molecule is O=C(NO)[C@]1(F)[C@H](c2ccccc2)[C@H]1c1cc(Cl)c2c(c1)C(F)(F)CCN2. The van der Waals surface area contributed by atoms with E-state index in [1.165, 1.54) is 17.6 Å². The predicted molar refractivity (Wildman–Crippen MR) is 94.1 cm³/mol. The van der Waals surface area contributed by atoms with Gasteiger partial charge < -0.3 is 5.32 Å². The van der Waals surface area contributed by atoms with E-state index in [-0.39, 0.29) is 28.4 Å². The Morgan fingerprint density at radius 2 is 1.81 bits per heavy atom. The standard InChI is InChI=1S/C19H16ClF3N2O2/c20-13-9-11(8-12-16(13)24-7-6-18(12,21)22)15-14(10-4-2-1-3-5-10)19(15,23)17(26)25-27/h1-5,8-9,14-15,24,27H,6-7H2,(H,25,26)/t14-,15-,19+/m1/s1. The van der Waals surface area contributed by atoms with Gasteiger partial charge in [0.05, 0.1) is 10.7 Å². The minimum atomic E-state index is -3.10. The Labute approximate surface area is 158 Å². The fourth-order valence-electron chi connectivity index (χ4n) is 4.01. The normalized spacial score (nSPS) is 28.0. The number of anilines is 1. The molecule has 0 saturated heterocycles. The molecular formula is C19H16ClF3N2O2. The molecule has 1 fully saturated rings. The first-order valence-electron chi connectivity index (χ1n) is 8.44. The molecule has 142 valence electrons. The lowest BCUT2D eigenvalue weighted by molar-refractivity contribution is -0.136. The second kappa shape index (κ2) is 6.14. The molecule has 0 aromatic heterocycles. The number of alkyl halides is 3. The van der Waals surface area contributed by atoms with E-state index in [0.717, 1.165) is 0 Å². The summed E-state index contributed by atoms with van der Waals surface area (Å²) < 4.78 is 44.3. The van der Waals surface area contributed by atoms with Crippen LogP contribution in [0.15, 0.2) is 42.5 Å². The van der Waals surface area contributed by atoms with Crippen molar-refractivity contribution < 1.29 is 23.2 Å². The Kier molecular flexibility index (Phi) is 4.12. The van der Waals surface area contributed by atoms with Gasteiger partial charge >= 0.3 is 0 Å². The first-order chi connectivity index (χ1) is 12.8. The van der Waals surface area contributed by atoms with Gasteiger partial charge in [-0.2, -0.15) is 0 Å². The Morgan fingerprint density at radius 3 is 2.48 bits per heavy atom. The van der Waals surface area contributed by atoms with Crippen LogP contribution >= 0.6 is 11.6 Å². The third-order valence-electron chi connectivity index (χ3n) is 5.34. The van der Waals surface area contributed by atoms with Crippen molar-refractivity contribution in [3.05, 3.63) is 64.2 Å². The number of nitrogens with one attached hydrogen (secondary N) is 2. The summed E-state index contributed by atoms with van der Waals surface area (Å²) in [7, 11) is 0. The average molecular weight is 397 g/mol. The molecule has 8 heteroatoms. The van der Waals surface area contributed by atoms with Crippen LogP contribution in [0.2, 0.25) is 5.02 Å². The zero-order chi connectivity index (χ0) is 19.4. The van der Waals surface area contributed by atoms with E-state index < -0.39 is 35.8 Å². The largest absolute Gasteiger partial charge is 0.383 e. The summed E-state index contributed by atoms with van der Waals surface area (Å²) in [6.07, 6.45) is -0.398. The molecule has 1 aliphatic heterocycles. The Hall–Kier alpha value is -2.25. The zero-order valence-corrected chi connectivity index (χ0v) is 14.7. The van der Waals surface area contributed by atoms with E-state index in [4.69, 9.17) is 16.8 Å². The van der Waals surface area contributed by atoms with Crippen molar-refractivity contribution in [2.45, 2.75) is 29.8 Å². The molecule has 0 unspecified atom stereocenters. The van der Waals surface area contributed by atoms with Crippen LogP contribution in [-0.4, -0.2) is 23.3 Å². The summed E-state index contributed by atoms with van der Waals surface area (Å²) in [6.45, 7) is 0.0785. The molecule has 27 heavy (non-hydrogen) atoms. The molecule has 2 aliphatic rings. The third kappa shape index (κ3) is 2.68. The van der Waals surface area contributed by atoms with Crippen LogP contribution in [0.25, 0.3) is 0 Å². The molecule has 3 atom stereocenters. The number of benzene rings is 2. The molecule has 1 saturated carbocycles. The van der Waals surface area contributed by atoms with Crippen LogP contribution in [0.5, 0.6) is 0 Å². The maximum Gasteiger partial charge on any atom is 0.282 e. The highest BCUT2D eigenvalue weighted by atomic mass is 35.5. The zero-order valence-electron chi connectivity index (χ0n) is 14.0. The monoisotopic (exact) mass is 396 g/mol. The number of carbonyl (C=O) groups excluding carboxylic acids is 1. The predicted octanol–water partition coefficient (Wildman–Crippen LogP) is 4.34. The fourth-order valence-corrected chi connectivity index (χ4v) is 4.31. The molecular weight excluding hydrogens is 381 g/mol. The lowest BCUT2D eigenvalue weighted by atomic mass is 9.94. The van der Waals surface area contributed by atoms with Crippen molar-refractivity contribution in [2.75, 3.05) is 11.9 Å². The van der Waals surface area contributed by atoms with E-state index in [1.807, 2.05) is 0 Å². The third-order valence-corrected chi connectivity index (χ3v) is 5.64. The van der Waals surface area contributed by atoms with E-state index in [9.17, 15) is 13.6 Å². The van der Waals surface area contributed by atoms with Crippen molar-refractivity contribution in [3.8, 4) is 0 Å². The van der Waals surface area contributed by atoms with Gasteiger partial charge in [0.2, 0.25) is 5.67 Å². The molecule has 1 heterocycles. The average Bonchev–Trinajstić information content (AvgIpc) is 3.29. The highest BCUT2D eigenvalue weighted by Crippen LogP contribution is 2.67. The lowest BCUT2D eigenvalue weighted by Gasteiger charge is -2.28. The molecule has 1 aliphatic carbocycles. The van der Waals surface area contributed by atoms with E-state index in [1.54, 1.807) is 30.3 Å². The van der Waals surface area contributed by atoms with Crippen molar-refractivity contribution in [1.29, 1.82) is 0 Å². The summed E-state index contributed by atoms with van der Waals surface area (Å²) >= 11 is 6.18. The highest BCUT2D eigenvalue weighted by molar-refractivity contribution is 6.33. The van der Waals surface area contributed by atoms with Crippen LogP contribution in [0, 0.1) is 0 Å². The minimum absolute atomic E-state index is 0.0485. The number of amides is 1. The van der Waals surface area contributed by atoms with Crippen LogP contribution in [0.3, 0.4) is 0 Å². The second-order valence-corrected chi connectivity index (χ2v) is 7.29. The molecule has 0 bridgehead atoms. The Morgan fingerprint density at radius 1 is 1.15 bits per heavy atom. The number of fused-ring (bicyclic) bond motifs is 1. The number of hydroxylamine groups is 1. The maximum absolute atomic E-state index is 15.5. The van der Waals surface area contributed by atoms with Crippen LogP contribution in [0.1, 0.15) is 34.9 Å². The molecule has 1 amide bonds. The van der Waals surface area contributed by atoms with Gasteiger partial charge in [0.1, 0.15) is 0 Å². The van der Waals surface area contributed by atoms with Crippen molar-refractivity contribution in [3.63, 3.8) is 0 Å². The van der Waals surface area contributed by atoms with Gasteiger partial charge in [-0.05, 0) is 23.3 Å². The smallest absolute Gasteiger partial charge is 0.282 e. The van der Waals surface area contributed by atoms with Gasteiger partial charge in [-0.15, -0.1) is 0 Å². The van der Waals surface area contributed by atoms with Crippen molar-refractivity contribution in [1.82, 2.24) is 5.48 Å². The van der Waals surface area contributed by atoms with Gasteiger partial charge in [-0.25, -0.2) is 18.7 Å². The van der Waals surface area contributed by atoms with E-state index in [0.29, 0.717) is 5.56 Å². The van der Waals surface area contributed by atoms with Gasteiger partial charge in [0.15, 0.2) is 0 Å². The lowest BCUT2D eigenvalue weighted by Crippen LogP contribution is -2.33. The fraction of sp³-hybridized carbons (Fsp3) is 0.316. The van der Waals surface area contributed by atoms with Gasteiger partial charge in [0, 0.05) is 30.4 Å². The summed E-state index contributed by atoms with van der Waals surface area (Å²) in [5, 5.41) is 11.9. The van der Waals surface area contributed by atoms with Crippen molar-refractivity contribution >= 4 is 23.2 Å². The van der Waals surface area contributed by atoms with Crippen LogP contribution < -0.4 is 10.8 Å². The second-order valence-electron chi connectivity index (χ2n) is 6.88. The van der Waals surface area contributed by atoms with Gasteiger partial charge in [-0.1, -0.05) is 41.9 Å². The number of hydrogen-bond donors (Lipinski definition) is 3. The number of carbonyl (C=O) groups is 1. The van der Waals surface area contributed by atoms with E-state index in [2.05, 4.69) is 5.32 Å². The molecule has 4 rings (SSSR count). The quantitative estimate of drug-likeness (QED) is 0.534. The van der Waals surface area contributed by atoms with E-state index >= 15 is 4.39 Å². The molecule has 2 aromatic carbocycles. The first-order valence-corrected chi connectivity index (χ1v) is 8.82. The summed E-state index contributed by atoms with van der Waals surface area (Å²) in [6, 6.07) is 11.1. The molecule has 3 N–H and O–H groups in total. The minimum Gasteiger partial charge on any atom is -0.383 e. The maximum atomic E-state index is 15.5. The Bertz CT molecular complexity index is 909. The Balaban J connectivity index is 1.82. The topological polar surface area (TPSA) is 61.4 Å². The summed E-state index contributed by atoms with van der Waals surface area (Å²) in [5.74, 6) is -6.26. The molecule has 4 nitrogen and oxygen atoms in total. The molecule has 0 radical (unpaired) electrons. The molecule has 2 aromatic rings. The number of hydrogen-bond acceptors (Lipinski definition) is 3. The summed E-state index contributed by atoms with van der Waals surface area (Å²) in [4.78, 5) is 12.0. The molecule has 0 spiro atoms. The van der Waals surface area contributed by atoms with Crippen molar-refractivity contribution in [2.24, 2.45) is 0 Å². The highest BCUT2D eigenvalue weighted by Gasteiger charge is 2.72. The van der Waals surface area contributed by atoms with Crippen LogP contribution in [0.4, 0.5) is 18.9 Å². The number of halogens is 4. The van der Waals surface area contributed by atoms with Gasteiger partial charge in [-0.3, -0.25) is 10.0 Å². The number of rotatable bonds is 3. The van der Waals surface area contributed by atoms with Crippen LogP contribution in [-0.2, 0) is 10.7 Å².